The molecule has 1 unspecified atom stereocenters. The summed E-state index contributed by atoms with van der Waals surface area (Å²) in [6.07, 6.45) is 0.833. The van der Waals surface area contributed by atoms with Crippen LogP contribution in [0.2, 0.25) is 0 Å². The van der Waals surface area contributed by atoms with Gasteiger partial charge in [-0.15, -0.1) is 11.6 Å². The Labute approximate surface area is 93.1 Å². The van der Waals surface area contributed by atoms with E-state index in [0.717, 1.165) is 30.6 Å². The Bertz CT molecular complexity index is 392. The highest BCUT2D eigenvalue weighted by Crippen LogP contribution is 2.26. The maximum absolute atomic E-state index is 10.8. The Morgan fingerprint density at radius 2 is 2.33 bits per heavy atom. The minimum atomic E-state index is -0.888. The summed E-state index contributed by atoms with van der Waals surface area (Å²) in [6, 6.07) is 5.16. The lowest BCUT2D eigenvalue weighted by Gasteiger charge is -2.10. The monoisotopic (exact) mass is 225 g/mol. The number of hydrogen-bond acceptors (Lipinski definition) is 2. The molecule has 1 aliphatic heterocycles. The zero-order chi connectivity index (χ0) is 10.8. The van der Waals surface area contributed by atoms with Gasteiger partial charge in [0.1, 0.15) is 0 Å². The van der Waals surface area contributed by atoms with Crippen molar-refractivity contribution in [2.45, 2.75) is 11.8 Å². The van der Waals surface area contributed by atoms with Gasteiger partial charge in [-0.2, -0.15) is 0 Å². The molecule has 0 fully saturated rings. The van der Waals surface area contributed by atoms with E-state index >= 15 is 0 Å². The van der Waals surface area contributed by atoms with E-state index in [2.05, 4.69) is 5.32 Å². The van der Waals surface area contributed by atoms with Crippen LogP contribution in [0.25, 0.3) is 0 Å². The molecule has 0 saturated carbocycles. The van der Waals surface area contributed by atoms with Crippen molar-refractivity contribution < 1.29 is 9.90 Å². The van der Waals surface area contributed by atoms with Crippen LogP contribution in [-0.4, -0.2) is 24.2 Å². The quantitative estimate of drug-likeness (QED) is 0.717. The van der Waals surface area contributed by atoms with Crippen LogP contribution in [0.3, 0.4) is 0 Å². The van der Waals surface area contributed by atoms with E-state index in [1.54, 1.807) is 12.1 Å². The molecule has 0 aliphatic carbocycles. The first-order valence-corrected chi connectivity index (χ1v) is 5.33. The lowest BCUT2D eigenvalue weighted by Crippen LogP contribution is -2.17. The Hall–Kier alpha value is -1.06. The maximum atomic E-state index is 10.8. The molecule has 0 saturated heterocycles. The summed E-state index contributed by atoms with van der Waals surface area (Å²) in [6.45, 7) is 1.58. The molecule has 0 bridgehead atoms. The molecule has 2 rings (SSSR count). The molecule has 0 spiro atoms. The van der Waals surface area contributed by atoms with Crippen molar-refractivity contribution in [1.29, 1.82) is 0 Å². The number of nitrogens with one attached hydrogen (secondary N) is 1. The first kappa shape index (κ1) is 10.5. The number of carboxylic acids is 1. The third-order valence-corrected chi connectivity index (χ3v) is 3.01. The molecule has 0 aromatic heterocycles. The van der Waals surface area contributed by atoms with Gasteiger partial charge in [-0.3, -0.25) is 0 Å². The van der Waals surface area contributed by atoms with Crippen LogP contribution < -0.4 is 5.32 Å². The molecule has 1 aromatic carbocycles. The molecule has 1 atom stereocenters. The second kappa shape index (κ2) is 4.21. The van der Waals surface area contributed by atoms with Crippen LogP contribution in [0.4, 0.5) is 0 Å². The molecule has 80 valence electrons. The van der Waals surface area contributed by atoms with Crippen LogP contribution in [0.5, 0.6) is 0 Å². The minimum absolute atomic E-state index is 0.0645. The summed E-state index contributed by atoms with van der Waals surface area (Å²) >= 11 is 6.17. The highest BCUT2D eigenvalue weighted by Gasteiger charge is 2.17. The normalized spacial score (nSPS) is 20.5. The van der Waals surface area contributed by atoms with E-state index < -0.39 is 5.97 Å². The van der Waals surface area contributed by atoms with Crippen molar-refractivity contribution in [3.05, 3.63) is 34.9 Å². The van der Waals surface area contributed by atoms with Crippen molar-refractivity contribution in [3.8, 4) is 0 Å². The van der Waals surface area contributed by atoms with Crippen molar-refractivity contribution in [2.75, 3.05) is 13.1 Å². The predicted molar refractivity (Wildman–Crippen MR) is 58.6 cm³/mol. The summed E-state index contributed by atoms with van der Waals surface area (Å²) in [5.41, 5.74) is 2.42. The molecule has 0 radical (unpaired) electrons. The molecule has 15 heavy (non-hydrogen) atoms. The van der Waals surface area contributed by atoms with Gasteiger partial charge in [0.05, 0.1) is 10.9 Å². The number of aromatic carboxylic acids is 1. The molecule has 1 aliphatic rings. The standard InChI is InChI=1S/C11H12ClNO2/c12-10-6-13-4-3-7-5-8(11(14)15)1-2-9(7)10/h1-2,5,10,13H,3-4,6H2,(H,14,15). The molecular formula is C11H12ClNO2. The Morgan fingerprint density at radius 3 is 3.07 bits per heavy atom. The van der Waals surface area contributed by atoms with E-state index in [-0.39, 0.29) is 5.38 Å². The summed E-state index contributed by atoms with van der Waals surface area (Å²) in [7, 11) is 0. The molecule has 1 heterocycles. The Kier molecular flexibility index (Phi) is 2.93. The third-order valence-electron chi connectivity index (χ3n) is 2.62. The smallest absolute Gasteiger partial charge is 0.335 e. The molecule has 3 nitrogen and oxygen atoms in total. The van der Waals surface area contributed by atoms with Gasteiger partial charge >= 0.3 is 5.97 Å². The molecule has 2 N–H and O–H groups in total. The van der Waals surface area contributed by atoms with E-state index in [1.807, 2.05) is 6.07 Å². The number of carbonyl (C=O) groups is 1. The van der Waals surface area contributed by atoms with Gasteiger partial charge in [0.25, 0.3) is 0 Å². The summed E-state index contributed by atoms with van der Waals surface area (Å²) in [5, 5.41) is 12.0. The zero-order valence-corrected chi connectivity index (χ0v) is 8.92. The third kappa shape index (κ3) is 2.13. The van der Waals surface area contributed by atoms with Crippen LogP contribution in [0.15, 0.2) is 18.2 Å². The van der Waals surface area contributed by atoms with Gasteiger partial charge in [-0.1, -0.05) is 6.07 Å². The Balaban J connectivity index is 2.42. The van der Waals surface area contributed by atoms with Gasteiger partial charge in [-0.05, 0) is 36.2 Å². The number of benzene rings is 1. The van der Waals surface area contributed by atoms with Crippen molar-refractivity contribution in [1.82, 2.24) is 5.32 Å². The minimum Gasteiger partial charge on any atom is -0.478 e. The zero-order valence-electron chi connectivity index (χ0n) is 8.16. The van der Waals surface area contributed by atoms with E-state index in [4.69, 9.17) is 16.7 Å². The average Bonchev–Trinajstić information content (AvgIpc) is 2.40. The Morgan fingerprint density at radius 1 is 1.53 bits per heavy atom. The largest absolute Gasteiger partial charge is 0.478 e. The fraction of sp³-hybridized carbons (Fsp3) is 0.364. The van der Waals surface area contributed by atoms with Gasteiger partial charge < -0.3 is 10.4 Å². The second-order valence-corrected chi connectivity index (χ2v) is 4.17. The fourth-order valence-electron chi connectivity index (χ4n) is 1.82. The average molecular weight is 226 g/mol. The maximum Gasteiger partial charge on any atom is 0.335 e. The van der Waals surface area contributed by atoms with Crippen LogP contribution >= 0.6 is 11.6 Å². The van der Waals surface area contributed by atoms with Gasteiger partial charge in [0.2, 0.25) is 0 Å². The van der Waals surface area contributed by atoms with Crippen LogP contribution in [0.1, 0.15) is 26.9 Å². The molecular weight excluding hydrogens is 214 g/mol. The highest BCUT2D eigenvalue weighted by molar-refractivity contribution is 6.21. The fourth-order valence-corrected chi connectivity index (χ4v) is 2.14. The molecule has 4 heteroatoms. The lowest BCUT2D eigenvalue weighted by molar-refractivity contribution is 0.0697. The second-order valence-electron chi connectivity index (χ2n) is 3.64. The van der Waals surface area contributed by atoms with Gasteiger partial charge in [0, 0.05) is 6.54 Å². The molecule has 0 amide bonds. The summed E-state index contributed by atoms with van der Waals surface area (Å²) in [5.74, 6) is -0.888. The highest BCUT2D eigenvalue weighted by atomic mass is 35.5. The number of rotatable bonds is 1. The van der Waals surface area contributed by atoms with Crippen molar-refractivity contribution >= 4 is 17.6 Å². The number of fused-ring (bicyclic) bond motifs is 1. The van der Waals surface area contributed by atoms with E-state index in [1.165, 1.54) is 0 Å². The van der Waals surface area contributed by atoms with E-state index in [9.17, 15) is 4.79 Å². The summed E-state index contributed by atoms with van der Waals surface area (Å²) < 4.78 is 0. The summed E-state index contributed by atoms with van der Waals surface area (Å²) in [4.78, 5) is 10.8. The number of carboxylic acid groups (broad SMARTS) is 1. The van der Waals surface area contributed by atoms with Gasteiger partial charge in [-0.25, -0.2) is 4.79 Å². The SMILES string of the molecule is O=C(O)c1ccc2c(c1)CCNCC2Cl. The topological polar surface area (TPSA) is 49.3 Å². The molecule has 1 aromatic rings. The predicted octanol–water partition coefficient (Wildman–Crippen LogP) is 1.81. The number of hydrogen-bond donors (Lipinski definition) is 2. The van der Waals surface area contributed by atoms with Crippen molar-refractivity contribution in [3.63, 3.8) is 0 Å². The van der Waals surface area contributed by atoms with Crippen LogP contribution in [0, 0.1) is 0 Å². The first-order chi connectivity index (χ1) is 7.18. The number of alkyl halides is 1. The van der Waals surface area contributed by atoms with Gasteiger partial charge in [0.15, 0.2) is 0 Å². The number of halogens is 1. The van der Waals surface area contributed by atoms with Crippen molar-refractivity contribution in [2.24, 2.45) is 0 Å². The lowest BCUT2D eigenvalue weighted by atomic mass is 10.00. The van der Waals surface area contributed by atoms with Crippen LogP contribution in [-0.2, 0) is 6.42 Å². The first-order valence-electron chi connectivity index (χ1n) is 4.89. The van der Waals surface area contributed by atoms with E-state index in [0.29, 0.717) is 5.56 Å².